The molecule has 22 heavy (non-hydrogen) atoms. The first-order valence-electron chi connectivity index (χ1n) is 6.71. The monoisotopic (exact) mass is 302 g/mol. The third kappa shape index (κ3) is 2.16. The van der Waals surface area contributed by atoms with Gasteiger partial charge in [-0.05, 0) is 20.3 Å². The van der Waals surface area contributed by atoms with E-state index >= 15 is 0 Å². The van der Waals surface area contributed by atoms with E-state index in [2.05, 4.69) is 25.4 Å². The van der Waals surface area contributed by atoms with Gasteiger partial charge in [-0.1, -0.05) is 6.92 Å². The number of carbonyl (C=O) groups excluding carboxylic acids is 1. The molecule has 0 aromatic carbocycles. The summed E-state index contributed by atoms with van der Waals surface area (Å²) in [6.45, 7) is 5.26. The van der Waals surface area contributed by atoms with Crippen molar-refractivity contribution in [2.75, 3.05) is 5.32 Å². The van der Waals surface area contributed by atoms with Gasteiger partial charge in [0.1, 0.15) is 5.76 Å². The SMILES string of the molecule is CCc1c(C)nc2nc(NC(=O)c3ncoc3C)[nH]n2c1=O. The lowest BCUT2D eigenvalue weighted by Crippen LogP contribution is -2.21. The lowest BCUT2D eigenvalue weighted by Gasteiger charge is -2.00. The Hall–Kier alpha value is -2.97. The van der Waals surface area contributed by atoms with Crippen LogP contribution in [0.15, 0.2) is 15.6 Å². The van der Waals surface area contributed by atoms with Crippen LogP contribution in [0, 0.1) is 13.8 Å². The molecule has 0 bridgehead atoms. The lowest BCUT2D eigenvalue weighted by molar-refractivity contribution is 0.102. The molecule has 0 fully saturated rings. The van der Waals surface area contributed by atoms with Crippen molar-refractivity contribution < 1.29 is 9.21 Å². The van der Waals surface area contributed by atoms with E-state index in [1.165, 1.54) is 10.9 Å². The Morgan fingerprint density at radius 2 is 2.18 bits per heavy atom. The fourth-order valence-corrected chi connectivity index (χ4v) is 2.21. The Kier molecular flexibility index (Phi) is 3.24. The van der Waals surface area contributed by atoms with Gasteiger partial charge in [0.2, 0.25) is 5.95 Å². The molecule has 0 spiro atoms. The number of aromatic nitrogens is 5. The zero-order valence-corrected chi connectivity index (χ0v) is 12.3. The summed E-state index contributed by atoms with van der Waals surface area (Å²) in [6.07, 6.45) is 1.76. The number of carbonyl (C=O) groups is 1. The largest absolute Gasteiger partial charge is 0.448 e. The number of rotatable bonds is 3. The number of aryl methyl sites for hydroxylation is 2. The number of nitrogens with one attached hydrogen (secondary N) is 2. The number of amides is 1. The molecule has 9 nitrogen and oxygen atoms in total. The summed E-state index contributed by atoms with van der Waals surface area (Å²) in [6, 6.07) is 0. The van der Waals surface area contributed by atoms with Crippen LogP contribution in [0.1, 0.15) is 34.4 Å². The molecule has 3 heterocycles. The molecule has 2 N–H and O–H groups in total. The van der Waals surface area contributed by atoms with Crippen molar-refractivity contribution in [3.8, 4) is 0 Å². The fourth-order valence-electron chi connectivity index (χ4n) is 2.21. The van der Waals surface area contributed by atoms with Crippen LogP contribution in [-0.2, 0) is 6.42 Å². The first kappa shape index (κ1) is 14.0. The van der Waals surface area contributed by atoms with Crippen molar-refractivity contribution >= 4 is 17.6 Å². The number of fused-ring (bicyclic) bond motifs is 1. The Balaban J connectivity index is 1.99. The van der Waals surface area contributed by atoms with Gasteiger partial charge in [-0.3, -0.25) is 20.0 Å². The topological polar surface area (TPSA) is 118 Å². The normalized spacial score (nSPS) is 11.0. The Labute approximate surface area is 124 Å². The minimum atomic E-state index is -0.481. The van der Waals surface area contributed by atoms with Gasteiger partial charge in [0, 0.05) is 5.56 Å². The molecule has 0 aliphatic rings. The summed E-state index contributed by atoms with van der Waals surface area (Å²) in [5.41, 5.74) is 1.16. The summed E-state index contributed by atoms with van der Waals surface area (Å²) in [5, 5.41) is 5.25. The van der Waals surface area contributed by atoms with Gasteiger partial charge in [-0.25, -0.2) is 9.97 Å². The molecule has 3 rings (SSSR count). The van der Waals surface area contributed by atoms with Crippen LogP contribution in [0.25, 0.3) is 5.78 Å². The molecule has 0 saturated carbocycles. The predicted molar refractivity (Wildman–Crippen MR) is 76.9 cm³/mol. The first-order valence-corrected chi connectivity index (χ1v) is 6.71. The number of anilines is 1. The molecule has 0 aliphatic carbocycles. The zero-order valence-electron chi connectivity index (χ0n) is 12.3. The van der Waals surface area contributed by atoms with Gasteiger partial charge in [-0.15, -0.1) is 0 Å². The highest BCUT2D eigenvalue weighted by Crippen LogP contribution is 2.09. The molecule has 3 aromatic heterocycles. The van der Waals surface area contributed by atoms with Crippen LogP contribution in [-0.4, -0.2) is 30.5 Å². The van der Waals surface area contributed by atoms with Crippen molar-refractivity contribution in [1.29, 1.82) is 0 Å². The minimum absolute atomic E-state index is 0.115. The van der Waals surface area contributed by atoms with E-state index in [0.717, 1.165) is 0 Å². The second kappa shape index (κ2) is 5.10. The molecule has 0 saturated heterocycles. The van der Waals surface area contributed by atoms with Crippen LogP contribution >= 0.6 is 0 Å². The number of aromatic amines is 1. The van der Waals surface area contributed by atoms with E-state index in [4.69, 9.17) is 4.42 Å². The van der Waals surface area contributed by atoms with Crippen LogP contribution in [0.4, 0.5) is 5.95 Å². The summed E-state index contributed by atoms with van der Waals surface area (Å²) in [4.78, 5) is 36.5. The maximum atomic E-state index is 12.3. The molecule has 0 unspecified atom stereocenters. The Morgan fingerprint density at radius 3 is 2.82 bits per heavy atom. The maximum Gasteiger partial charge on any atom is 0.280 e. The summed E-state index contributed by atoms with van der Waals surface area (Å²) < 4.78 is 6.18. The van der Waals surface area contributed by atoms with Gasteiger partial charge in [0.15, 0.2) is 12.1 Å². The maximum absolute atomic E-state index is 12.3. The Bertz CT molecular complexity index is 920. The quantitative estimate of drug-likeness (QED) is 0.740. The van der Waals surface area contributed by atoms with E-state index in [9.17, 15) is 9.59 Å². The van der Waals surface area contributed by atoms with Gasteiger partial charge < -0.3 is 4.42 Å². The van der Waals surface area contributed by atoms with Gasteiger partial charge >= 0.3 is 0 Å². The predicted octanol–water partition coefficient (Wildman–Crippen LogP) is 0.837. The first-order chi connectivity index (χ1) is 10.5. The van der Waals surface area contributed by atoms with E-state index < -0.39 is 5.91 Å². The second-order valence-corrected chi connectivity index (χ2v) is 4.75. The molecule has 9 heteroatoms. The van der Waals surface area contributed by atoms with Crippen LogP contribution in [0.5, 0.6) is 0 Å². The number of nitrogens with zero attached hydrogens (tertiary/aromatic N) is 4. The van der Waals surface area contributed by atoms with E-state index in [1.54, 1.807) is 13.8 Å². The average molecular weight is 302 g/mol. The van der Waals surface area contributed by atoms with Crippen molar-refractivity contribution in [3.05, 3.63) is 39.5 Å². The summed E-state index contributed by atoms with van der Waals surface area (Å²) in [5.74, 6) is 0.232. The molecule has 3 aromatic rings. The van der Waals surface area contributed by atoms with Crippen molar-refractivity contribution in [3.63, 3.8) is 0 Å². The molecule has 0 radical (unpaired) electrons. The highest BCUT2D eigenvalue weighted by Gasteiger charge is 2.17. The molecule has 0 atom stereocenters. The lowest BCUT2D eigenvalue weighted by atomic mass is 10.2. The van der Waals surface area contributed by atoms with Crippen LogP contribution in [0.3, 0.4) is 0 Å². The van der Waals surface area contributed by atoms with Crippen LogP contribution in [0.2, 0.25) is 0 Å². The van der Waals surface area contributed by atoms with E-state index in [-0.39, 0.29) is 23.0 Å². The highest BCUT2D eigenvalue weighted by molar-refractivity contribution is 6.02. The zero-order chi connectivity index (χ0) is 15.9. The summed E-state index contributed by atoms with van der Waals surface area (Å²) in [7, 11) is 0. The highest BCUT2D eigenvalue weighted by atomic mass is 16.3. The minimum Gasteiger partial charge on any atom is -0.448 e. The van der Waals surface area contributed by atoms with Crippen molar-refractivity contribution in [2.45, 2.75) is 27.2 Å². The smallest absolute Gasteiger partial charge is 0.280 e. The van der Waals surface area contributed by atoms with Crippen LogP contribution < -0.4 is 10.9 Å². The fraction of sp³-hybridized carbons (Fsp3) is 0.308. The third-order valence-corrected chi connectivity index (χ3v) is 3.34. The van der Waals surface area contributed by atoms with Gasteiger partial charge in [-0.2, -0.15) is 9.50 Å². The number of hydrogen-bond donors (Lipinski definition) is 2. The standard InChI is InChI=1S/C13H14N6O3/c1-4-8-6(2)15-13-17-12(18-19(13)11(8)21)16-10(20)9-7(3)22-5-14-9/h5H,4H2,1-3H3,(H2,15,16,17,18,20). The average Bonchev–Trinajstić information content (AvgIpc) is 3.05. The van der Waals surface area contributed by atoms with Gasteiger partial charge in [0.05, 0.1) is 5.69 Å². The number of H-pyrrole nitrogens is 1. The number of oxazole rings is 1. The van der Waals surface area contributed by atoms with Crippen molar-refractivity contribution in [1.82, 2.24) is 24.6 Å². The third-order valence-electron chi connectivity index (χ3n) is 3.34. The second-order valence-electron chi connectivity index (χ2n) is 4.75. The molecular weight excluding hydrogens is 288 g/mol. The van der Waals surface area contributed by atoms with Gasteiger partial charge in [0.25, 0.3) is 17.2 Å². The Morgan fingerprint density at radius 1 is 1.41 bits per heavy atom. The molecular formula is C13H14N6O3. The molecule has 1 amide bonds. The summed E-state index contributed by atoms with van der Waals surface area (Å²) >= 11 is 0. The van der Waals surface area contributed by atoms with Crippen molar-refractivity contribution in [2.24, 2.45) is 0 Å². The number of hydrogen-bond acceptors (Lipinski definition) is 6. The molecule has 0 aliphatic heterocycles. The molecule has 114 valence electrons. The van der Waals surface area contributed by atoms with E-state index in [1.807, 2.05) is 6.92 Å². The van der Waals surface area contributed by atoms with E-state index in [0.29, 0.717) is 23.4 Å².